The lowest BCUT2D eigenvalue weighted by Gasteiger charge is -2.28. The van der Waals surface area contributed by atoms with Crippen LogP contribution in [0.4, 0.5) is 0 Å². The molecule has 10 nitrogen and oxygen atoms in total. The van der Waals surface area contributed by atoms with Gasteiger partial charge in [0.25, 0.3) is 0 Å². The first-order chi connectivity index (χ1) is 29.2. The van der Waals surface area contributed by atoms with E-state index in [0.717, 1.165) is 25.7 Å². The van der Waals surface area contributed by atoms with E-state index in [1.54, 1.807) is 24.3 Å². The molecule has 0 fully saturated rings. The first-order valence-corrected chi connectivity index (χ1v) is 23.8. The third-order valence-electron chi connectivity index (χ3n) is 11.9. The number of phenolic OH excluding ortho intramolecular Hbond substituents is 2. The lowest BCUT2D eigenvalue weighted by molar-refractivity contribution is -0.158. The lowest BCUT2D eigenvalue weighted by atomic mass is 9.79. The van der Waals surface area contributed by atoms with Gasteiger partial charge in [0.05, 0.1) is 18.9 Å². The number of esters is 3. The van der Waals surface area contributed by atoms with Gasteiger partial charge in [-0.2, -0.15) is 0 Å². The number of unbranched alkanes of at least 4 members (excludes halogenated alkanes) is 12. The summed E-state index contributed by atoms with van der Waals surface area (Å²) in [6.45, 7) is 24.7. The van der Waals surface area contributed by atoms with Crippen molar-refractivity contribution in [3.8, 4) is 23.0 Å². The van der Waals surface area contributed by atoms with E-state index in [1.165, 1.54) is 51.4 Å². The summed E-state index contributed by atoms with van der Waals surface area (Å²) in [5.41, 5.74) is 0.584. The van der Waals surface area contributed by atoms with E-state index in [1.807, 2.05) is 83.1 Å². The molecule has 4 N–H and O–H groups in total. The predicted molar refractivity (Wildman–Crippen MR) is 253 cm³/mol. The largest absolute Gasteiger partial charge is 0.507 e. The quantitative estimate of drug-likeness (QED) is 0.0429. The smallest absolute Gasteiger partial charge is 0.312 e. The van der Waals surface area contributed by atoms with Crippen molar-refractivity contribution in [3.63, 3.8) is 0 Å². The minimum absolute atomic E-state index is 0.132. The summed E-state index contributed by atoms with van der Waals surface area (Å²) in [5.74, 6) is -3.20. The Morgan fingerprint density at radius 2 is 0.873 bits per heavy atom. The molecule has 3 atom stereocenters. The Labute approximate surface area is 380 Å². The number of hydrogen-bond donors (Lipinski definition) is 4. The van der Waals surface area contributed by atoms with Crippen LogP contribution in [0.5, 0.6) is 23.0 Å². The van der Waals surface area contributed by atoms with Gasteiger partial charge in [0, 0.05) is 28.7 Å². The summed E-state index contributed by atoms with van der Waals surface area (Å²) in [5, 5.41) is 42.1. The van der Waals surface area contributed by atoms with Crippen LogP contribution in [-0.2, 0) is 40.8 Å². The Morgan fingerprint density at radius 3 is 1.21 bits per heavy atom. The number of phenols is 2. The fourth-order valence-electron chi connectivity index (χ4n) is 8.01. The van der Waals surface area contributed by atoms with Crippen LogP contribution in [-0.4, -0.2) is 57.7 Å². The monoisotopic (exact) mass is 883 g/mol. The highest BCUT2D eigenvalue weighted by Crippen LogP contribution is 2.43. The highest BCUT2D eigenvalue weighted by atomic mass is 16.6. The summed E-state index contributed by atoms with van der Waals surface area (Å²) >= 11 is 0. The average Bonchev–Trinajstić information content (AvgIpc) is 3.16. The molecule has 0 aromatic heterocycles. The Hall–Kier alpha value is -3.63. The molecule has 0 saturated carbocycles. The number of aliphatic hydroxyl groups is 2. The van der Waals surface area contributed by atoms with Gasteiger partial charge in [-0.05, 0) is 58.3 Å². The van der Waals surface area contributed by atoms with Gasteiger partial charge >= 0.3 is 17.9 Å². The van der Waals surface area contributed by atoms with Crippen LogP contribution in [0.25, 0.3) is 0 Å². The first kappa shape index (κ1) is 55.5. The van der Waals surface area contributed by atoms with Crippen molar-refractivity contribution < 1.29 is 49.0 Å². The highest BCUT2D eigenvalue weighted by molar-refractivity contribution is 5.82. The second-order valence-electron chi connectivity index (χ2n) is 22.0. The van der Waals surface area contributed by atoms with Crippen molar-refractivity contribution in [1.29, 1.82) is 0 Å². The topological polar surface area (TPSA) is 160 Å². The van der Waals surface area contributed by atoms with E-state index in [9.17, 15) is 34.8 Å². The lowest BCUT2D eigenvalue weighted by Crippen LogP contribution is -2.34. The SMILES string of the molecule is CCCCCCCCCCCCCCCC(CC(=O)Oc1cc(C(C)(C)C)c(O)c(C(C)(C)C)c1)C(CC(=O)Oc1cc(C(C)(C)C)c(O)c(C(C)(C)C)c1)C(=O)OCC(O)CO. The van der Waals surface area contributed by atoms with Crippen molar-refractivity contribution in [2.24, 2.45) is 11.8 Å². The summed E-state index contributed by atoms with van der Waals surface area (Å²) < 4.78 is 17.5. The zero-order valence-corrected chi connectivity index (χ0v) is 41.5. The van der Waals surface area contributed by atoms with E-state index >= 15 is 0 Å². The van der Waals surface area contributed by atoms with E-state index in [0.29, 0.717) is 35.1 Å². The summed E-state index contributed by atoms with van der Waals surface area (Å²) in [6, 6.07) is 6.65. The van der Waals surface area contributed by atoms with Crippen LogP contribution >= 0.6 is 0 Å². The molecule has 0 aliphatic heterocycles. The number of carbonyl (C=O) groups excluding carboxylic acids is 3. The molecule has 3 unspecified atom stereocenters. The van der Waals surface area contributed by atoms with Gasteiger partial charge in [-0.3, -0.25) is 14.4 Å². The predicted octanol–water partition coefficient (Wildman–Crippen LogP) is 12.2. The van der Waals surface area contributed by atoms with Crippen molar-refractivity contribution in [2.45, 2.75) is 221 Å². The van der Waals surface area contributed by atoms with Crippen LogP contribution < -0.4 is 9.47 Å². The Bertz CT molecular complexity index is 1660. The minimum Gasteiger partial charge on any atom is -0.507 e. The molecule has 2 aromatic rings. The summed E-state index contributed by atoms with van der Waals surface area (Å²) in [7, 11) is 0. The minimum atomic E-state index is -1.32. The van der Waals surface area contributed by atoms with Crippen LogP contribution in [0.2, 0.25) is 0 Å². The van der Waals surface area contributed by atoms with Crippen LogP contribution in [0.3, 0.4) is 0 Å². The molecular formula is C53H86O10. The van der Waals surface area contributed by atoms with Crippen molar-refractivity contribution >= 4 is 17.9 Å². The maximum Gasteiger partial charge on any atom is 0.312 e. The molecule has 0 spiro atoms. The Kier molecular flexibility index (Phi) is 22.2. The molecule has 0 heterocycles. The molecule has 0 bridgehead atoms. The van der Waals surface area contributed by atoms with Crippen LogP contribution in [0.15, 0.2) is 24.3 Å². The van der Waals surface area contributed by atoms with Gasteiger partial charge in [-0.15, -0.1) is 0 Å². The Balaban J connectivity index is 2.46. The van der Waals surface area contributed by atoms with Gasteiger partial charge < -0.3 is 34.6 Å². The fourth-order valence-corrected chi connectivity index (χ4v) is 8.01. The molecule has 0 aliphatic carbocycles. The van der Waals surface area contributed by atoms with E-state index in [4.69, 9.17) is 14.2 Å². The van der Waals surface area contributed by atoms with E-state index < -0.39 is 77.1 Å². The van der Waals surface area contributed by atoms with Crippen molar-refractivity contribution in [3.05, 3.63) is 46.5 Å². The fraction of sp³-hybridized carbons (Fsp3) is 0.717. The maximum atomic E-state index is 14.0. The molecule has 0 saturated heterocycles. The number of aromatic hydroxyl groups is 2. The molecule has 0 amide bonds. The maximum absolute atomic E-state index is 14.0. The van der Waals surface area contributed by atoms with Gasteiger partial charge in [-0.25, -0.2) is 0 Å². The zero-order chi connectivity index (χ0) is 47.8. The van der Waals surface area contributed by atoms with Crippen LogP contribution in [0.1, 0.15) is 215 Å². The molecule has 10 heteroatoms. The second-order valence-corrected chi connectivity index (χ2v) is 22.0. The van der Waals surface area contributed by atoms with Gasteiger partial charge in [0.2, 0.25) is 0 Å². The van der Waals surface area contributed by atoms with Crippen LogP contribution in [0, 0.1) is 11.8 Å². The van der Waals surface area contributed by atoms with E-state index in [2.05, 4.69) is 6.92 Å². The van der Waals surface area contributed by atoms with E-state index in [-0.39, 0.29) is 29.4 Å². The standard InChI is InChI=1S/C53H86O10/c1-14-15-16-17-18-19-20-21-22-23-24-25-26-27-36(28-45(56)62-38-29-41(50(2,3)4)47(58)42(30-38)51(5,6)7)40(49(60)61-35-37(55)34-54)33-46(57)63-39-31-43(52(8,9)10)48(59)44(32-39)53(11,12)13/h29-32,36-37,40,54-55,58-59H,14-28,33-35H2,1-13H3. The second kappa shape index (κ2) is 25.2. The van der Waals surface area contributed by atoms with Gasteiger partial charge in [0.1, 0.15) is 35.7 Å². The number of carbonyl (C=O) groups is 3. The molecule has 358 valence electrons. The van der Waals surface area contributed by atoms with Crippen molar-refractivity contribution in [2.75, 3.05) is 13.2 Å². The van der Waals surface area contributed by atoms with Gasteiger partial charge in [0.15, 0.2) is 0 Å². The first-order valence-electron chi connectivity index (χ1n) is 23.8. The molecule has 2 rings (SSSR count). The van der Waals surface area contributed by atoms with Crippen molar-refractivity contribution in [1.82, 2.24) is 0 Å². The molecule has 63 heavy (non-hydrogen) atoms. The molecular weight excluding hydrogens is 797 g/mol. The Morgan fingerprint density at radius 1 is 0.540 bits per heavy atom. The normalized spacial score (nSPS) is 14.0. The third kappa shape index (κ3) is 19.2. The summed E-state index contributed by atoms with van der Waals surface area (Å²) in [4.78, 5) is 42.0. The average molecular weight is 883 g/mol. The highest BCUT2D eigenvalue weighted by Gasteiger charge is 2.36. The molecule has 0 aliphatic rings. The molecule has 0 radical (unpaired) electrons. The molecule has 2 aromatic carbocycles. The number of aliphatic hydroxyl groups excluding tert-OH is 2. The number of ether oxygens (including phenoxy) is 3. The number of hydrogen-bond acceptors (Lipinski definition) is 10. The number of benzene rings is 2. The third-order valence-corrected chi connectivity index (χ3v) is 11.9. The number of rotatable bonds is 25. The van der Waals surface area contributed by atoms with Gasteiger partial charge in [-0.1, -0.05) is 173 Å². The zero-order valence-electron chi connectivity index (χ0n) is 41.5. The summed E-state index contributed by atoms with van der Waals surface area (Å²) in [6.07, 6.45) is 13.5.